The predicted octanol–water partition coefficient (Wildman–Crippen LogP) is 1.26. The van der Waals surface area contributed by atoms with E-state index in [2.05, 4.69) is 16.5 Å². The predicted molar refractivity (Wildman–Crippen MR) is 66.3 cm³/mol. The molecule has 0 saturated carbocycles. The van der Waals surface area contributed by atoms with E-state index in [-0.39, 0.29) is 6.10 Å². The van der Waals surface area contributed by atoms with Crippen LogP contribution in [0.5, 0.6) is 5.88 Å². The molecule has 1 N–H and O–H groups in total. The van der Waals surface area contributed by atoms with Crippen LogP contribution < -0.4 is 10.1 Å². The van der Waals surface area contributed by atoms with E-state index in [1.807, 2.05) is 14.0 Å². The standard InChI is InChI=1S/C13H18N4O/c1-8-12(7-14)13(17(2)16-8)18-11-5-9-3-4-10(6-11)15-9/h9-11,15H,3-6H2,1-2H3. The highest BCUT2D eigenvalue weighted by Crippen LogP contribution is 2.31. The number of nitrogens with zero attached hydrogens (tertiary/aromatic N) is 3. The number of piperidine rings is 1. The molecule has 0 amide bonds. The molecule has 2 fully saturated rings. The molecule has 5 heteroatoms. The Morgan fingerprint density at radius 2 is 2.06 bits per heavy atom. The lowest BCUT2D eigenvalue weighted by Crippen LogP contribution is -2.42. The Morgan fingerprint density at radius 1 is 1.39 bits per heavy atom. The maximum absolute atomic E-state index is 9.16. The molecule has 0 aromatic carbocycles. The molecule has 5 nitrogen and oxygen atoms in total. The van der Waals surface area contributed by atoms with Crippen molar-refractivity contribution >= 4 is 0 Å². The Hall–Kier alpha value is -1.54. The Morgan fingerprint density at radius 3 is 2.67 bits per heavy atom. The zero-order chi connectivity index (χ0) is 12.7. The minimum Gasteiger partial charge on any atom is -0.473 e. The highest BCUT2D eigenvalue weighted by Gasteiger charge is 2.35. The summed E-state index contributed by atoms with van der Waals surface area (Å²) in [4.78, 5) is 0. The van der Waals surface area contributed by atoms with Crippen molar-refractivity contribution < 1.29 is 4.74 Å². The first kappa shape index (κ1) is 11.5. The van der Waals surface area contributed by atoms with E-state index in [0.717, 1.165) is 18.5 Å². The van der Waals surface area contributed by atoms with E-state index in [1.165, 1.54) is 12.8 Å². The first-order valence-electron chi connectivity index (χ1n) is 6.53. The van der Waals surface area contributed by atoms with E-state index in [9.17, 15) is 0 Å². The van der Waals surface area contributed by atoms with Gasteiger partial charge in [0.25, 0.3) is 0 Å². The van der Waals surface area contributed by atoms with Gasteiger partial charge in [-0.25, -0.2) is 4.68 Å². The van der Waals surface area contributed by atoms with Gasteiger partial charge in [0.05, 0.1) is 5.69 Å². The quantitative estimate of drug-likeness (QED) is 0.853. The van der Waals surface area contributed by atoms with Crippen molar-refractivity contribution in [2.24, 2.45) is 7.05 Å². The van der Waals surface area contributed by atoms with E-state index < -0.39 is 0 Å². The molecule has 0 spiro atoms. The normalized spacial score (nSPS) is 30.2. The fourth-order valence-electron chi connectivity index (χ4n) is 3.16. The summed E-state index contributed by atoms with van der Waals surface area (Å²) in [6.45, 7) is 1.84. The Labute approximate surface area is 107 Å². The van der Waals surface area contributed by atoms with Crippen LogP contribution in [0.15, 0.2) is 0 Å². The molecule has 0 aliphatic carbocycles. The van der Waals surface area contributed by atoms with Crippen LogP contribution in [0, 0.1) is 18.3 Å². The molecular weight excluding hydrogens is 228 g/mol. The number of aryl methyl sites for hydroxylation is 2. The smallest absolute Gasteiger partial charge is 0.230 e. The molecule has 18 heavy (non-hydrogen) atoms. The van der Waals surface area contributed by atoms with Gasteiger partial charge in [-0.15, -0.1) is 0 Å². The van der Waals surface area contributed by atoms with Crippen molar-refractivity contribution in [1.82, 2.24) is 15.1 Å². The lowest BCUT2D eigenvalue weighted by atomic mass is 10.0. The minimum atomic E-state index is 0.214. The topological polar surface area (TPSA) is 62.9 Å². The van der Waals surface area contributed by atoms with E-state index >= 15 is 0 Å². The largest absolute Gasteiger partial charge is 0.473 e. The molecule has 1 aromatic rings. The molecule has 2 aliphatic rings. The first-order valence-corrected chi connectivity index (χ1v) is 6.53. The average Bonchev–Trinajstić information content (AvgIpc) is 2.80. The molecule has 2 aliphatic heterocycles. The second-order valence-electron chi connectivity index (χ2n) is 5.35. The summed E-state index contributed by atoms with van der Waals surface area (Å²) in [5, 5.41) is 17.0. The molecule has 2 bridgehead atoms. The van der Waals surface area contributed by atoms with Gasteiger partial charge in [-0.3, -0.25) is 0 Å². The third-order valence-corrected chi connectivity index (χ3v) is 3.99. The molecule has 1 aromatic heterocycles. The molecule has 2 unspecified atom stereocenters. The van der Waals surface area contributed by atoms with Crippen LogP contribution >= 0.6 is 0 Å². The molecule has 3 rings (SSSR count). The van der Waals surface area contributed by atoms with Crippen molar-refractivity contribution in [3.8, 4) is 11.9 Å². The van der Waals surface area contributed by atoms with Crippen LogP contribution in [0.3, 0.4) is 0 Å². The van der Waals surface area contributed by atoms with Crippen LogP contribution in [0.4, 0.5) is 0 Å². The molecular formula is C13H18N4O. The number of hydrogen-bond donors (Lipinski definition) is 1. The molecule has 3 heterocycles. The second kappa shape index (κ2) is 4.29. The van der Waals surface area contributed by atoms with Crippen molar-refractivity contribution in [3.63, 3.8) is 0 Å². The maximum Gasteiger partial charge on any atom is 0.230 e. The second-order valence-corrected chi connectivity index (χ2v) is 5.35. The number of aromatic nitrogens is 2. The van der Waals surface area contributed by atoms with Crippen molar-refractivity contribution in [3.05, 3.63) is 11.3 Å². The zero-order valence-corrected chi connectivity index (χ0v) is 10.8. The van der Waals surface area contributed by atoms with E-state index in [1.54, 1.807) is 4.68 Å². The van der Waals surface area contributed by atoms with Crippen LogP contribution in [-0.2, 0) is 7.05 Å². The number of ether oxygens (including phenoxy) is 1. The highest BCUT2D eigenvalue weighted by atomic mass is 16.5. The summed E-state index contributed by atoms with van der Waals surface area (Å²) in [7, 11) is 1.83. The molecule has 0 radical (unpaired) electrons. The summed E-state index contributed by atoms with van der Waals surface area (Å²) in [5.74, 6) is 0.626. The van der Waals surface area contributed by atoms with Crippen molar-refractivity contribution in [2.45, 2.75) is 50.8 Å². The summed E-state index contributed by atoms with van der Waals surface area (Å²) in [6, 6.07) is 3.37. The lowest BCUT2D eigenvalue weighted by Gasteiger charge is -2.29. The number of nitriles is 1. The summed E-state index contributed by atoms with van der Waals surface area (Å²) >= 11 is 0. The van der Waals surface area contributed by atoms with Gasteiger partial charge in [-0.1, -0.05) is 0 Å². The number of rotatable bonds is 2. The van der Waals surface area contributed by atoms with E-state index in [4.69, 9.17) is 10.00 Å². The van der Waals surface area contributed by atoms with Crippen LogP contribution in [0.25, 0.3) is 0 Å². The Kier molecular flexibility index (Phi) is 2.75. The van der Waals surface area contributed by atoms with E-state index in [0.29, 0.717) is 23.5 Å². The Balaban J connectivity index is 1.79. The van der Waals surface area contributed by atoms with Gasteiger partial charge in [0.1, 0.15) is 17.7 Å². The van der Waals surface area contributed by atoms with Crippen LogP contribution in [-0.4, -0.2) is 28.0 Å². The van der Waals surface area contributed by atoms with Gasteiger partial charge >= 0.3 is 0 Å². The molecule has 2 saturated heterocycles. The first-order chi connectivity index (χ1) is 8.67. The summed E-state index contributed by atoms with van der Waals surface area (Å²) in [5.41, 5.74) is 1.32. The summed E-state index contributed by atoms with van der Waals surface area (Å²) in [6.07, 6.45) is 4.78. The van der Waals surface area contributed by atoms with Crippen LogP contribution in [0.1, 0.15) is 36.9 Å². The number of fused-ring (bicyclic) bond motifs is 2. The number of hydrogen-bond acceptors (Lipinski definition) is 4. The Bertz CT molecular complexity index is 490. The van der Waals surface area contributed by atoms with Gasteiger partial charge in [0.15, 0.2) is 0 Å². The summed E-state index contributed by atoms with van der Waals surface area (Å²) < 4.78 is 7.73. The SMILES string of the molecule is Cc1nn(C)c(OC2CC3CCC(C2)N3)c1C#N. The fourth-order valence-corrected chi connectivity index (χ4v) is 3.16. The fraction of sp³-hybridized carbons (Fsp3) is 0.692. The van der Waals surface area contributed by atoms with Gasteiger partial charge in [0, 0.05) is 19.1 Å². The maximum atomic E-state index is 9.16. The van der Waals surface area contributed by atoms with Crippen LogP contribution in [0.2, 0.25) is 0 Å². The van der Waals surface area contributed by atoms with Gasteiger partial charge in [-0.2, -0.15) is 10.4 Å². The third-order valence-electron chi connectivity index (χ3n) is 3.99. The molecule has 2 atom stereocenters. The van der Waals surface area contributed by atoms with Crippen molar-refractivity contribution in [1.29, 1.82) is 5.26 Å². The monoisotopic (exact) mass is 246 g/mol. The lowest BCUT2D eigenvalue weighted by molar-refractivity contribution is 0.126. The highest BCUT2D eigenvalue weighted by molar-refractivity contribution is 5.42. The van der Waals surface area contributed by atoms with Crippen molar-refractivity contribution in [2.75, 3.05) is 0 Å². The number of nitrogens with one attached hydrogen (secondary N) is 1. The van der Waals surface area contributed by atoms with Gasteiger partial charge in [-0.05, 0) is 32.6 Å². The minimum absolute atomic E-state index is 0.214. The zero-order valence-electron chi connectivity index (χ0n) is 10.8. The molecule has 96 valence electrons. The average molecular weight is 246 g/mol. The van der Waals surface area contributed by atoms with Gasteiger partial charge in [0.2, 0.25) is 5.88 Å². The third kappa shape index (κ3) is 1.87. The van der Waals surface area contributed by atoms with Gasteiger partial charge < -0.3 is 10.1 Å².